The zero-order chi connectivity index (χ0) is 11.1. The van der Waals surface area contributed by atoms with Crippen LogP contribution in [0.4, 0.5) is 13.2 Å². The summed E-state index contributed by atoms with van der Waals surface area (Å²) in [5.74, 6) is 0.110. The van der Waals surface area contributed by atoms with E-state index in [0.29, 0.717) is 0 Å². The van der Waals surface area contributed by atoms with Gasteiger partial charge in [0.15, 0.2) is 0 Å². The molecule has 1 aliphatic heterocycles. The van der Waals surface area contributed by atoms with Gasteiger partial charge in [0.05, 0.1) is 0 Å². The first-order valence-corrected chi connectivity index (χ1v) is 5.03. The van der Waals surface area contributed by atoms with Gasteiger partial charge in [-0.2, -0.15) is 13.2 Å². The van der Waals surface area contributed by atoms with Crippen LogP contribution in [0.15, 0.2) is 11.6 Å². The second-order valence-electron chi connectivity index (χ2n) is 4.04. The zero-order valence-corrected chi connectivity index (χ0v) is 8.18. The minimum Gasteiger partial charge on any atom is -0.338 e. The number of rotatable bonds is 1. The molecule has 0 aromatic carbocycles. The number of alkyl halides is 3. The van der Waals surface area contributed by atoms with Crippen molar-refractivity contribution >= 4 is 5.91 Å². The molecule has 2 rings (SSSR count). The molecular weight excluding hydrogens is 207 g/mol. The molecule has 5 heteroatoms. The van der Waals surface area contributed by atoms with Crippen LogP contribution in [0.2, 0.25) is 0 Å². The summed E-state index contributed by atoms with van der Waals surface area (Å²) in [7, 11) is 0. The summed E-state index contributed by atoms with van der Waals surface area (Å²) in [6, 6.07) is 0. The summed E-state index contributed by atoms with van der Waals surface area (Å²) >= 11 is 0. The molecule has 0 spiro atoms. The summed E-state index contributed by atoms with van der Waals surface area (Å²) < 4.78 is 36.8. The Morgan fingerprint density at radius 1 is 1.40 bits per heavy atom. The van der Waals surface area contributed by atoms with E-state index in [0.717, 1.165) is 18.9 Å². The van der Waals surface area contributed by atoms with Gasteiger partial charge in [-0.1, -0.05) is 6.08 Å². The number of hydrogen-bond donors (Lipinski definition) is 0. The summed E-state index contributed by atoms with van der Waals surface area (Å²) in [5.41, 5.74) is -0.498. The van der Waals surface area contributed by atoms with E-state index < -0.39 is 11.7 Å². The Morgan fingerprint density at radius 3 is 2.47 bits per heavy atom. The van der Waals surface area contributed by atoms with Crippen LogP contribution in [0, 0.1) is 5.92 Å². The number of carbonyl (C=O) groups is 1. The number of carbonyl (C=O) groups excluding carboxylic acids is 1. The molecule has 1 heterocycles. The maximum Gasteiger partial charge on any atom is 0.412 e. The van der Waals surface area contributed by atoms with Crippen LogP contribution in [-0.2, 0) is 4.79 Å². The SMILES string of the molecule is O=C(C1CC1)N1CC=C(C(F)(F)F)CC1. The second-order valence-corrected chi connectivity index (χ2v) is 4.04. The summed E-state index contributed by atoms with van der Waals surface area (Å²) in [4.78, 5) is 13.1. The van der Waals surface area contributed by atoms with E-state index in [1.807, 2.05) is 0 Å². The van der Waals surface area contributed by atoms with Crippen molar-refractivity contribution in [3.8, 4) is 0 Å². The molecule has 0 bridgehead atoms. The minimum atomic E-state index is -4.23. The van der Waals surface area contributed by atoms with Crippen LogP contribution in [-0.4, -0.2) is 30.1 Å². The number of nitrogens with zero attached hydrogens (tertiary/aromatic N) is 1. The first-order chi connectivity index (χ1) is 6.98. The molecule has 0 saturated heterocycles. The fourth-order valence-electron chi connectivity index (χ4n) is 1.72. The lowest BCUT2D eigenvalue weighted by Crippen LogP contribution is -2.37. The number of halogens is 3. The smallest absolute Gasteiger partial charge is 0.338 e. The molecule has 0 atom stereocenters. The lowest BCUT2D eigenvalue weighted by molar-refractivity contribution is -0.133. The predicted octanol–water partition coefficient (Wildman–Crippen LogP) is 2.12. The first-order valence-electron chi connectivity index (χ1n) is 5.03. The van der Waals surface area contributed by atoms with Crippen molar-refractivity contribution < 1.29 is 18.0 Å². The highest BCUT2D eigenvalue weighted by Crippen LogP contribution is 2.34. The molecule has 1 amide bonds. The Balaban J connectivity index is 1.95. The molecule has 0 N–H and O–H groups in total. The van der Waals surface area contributed by atoms with Gasteiger partial charge in [-0.15, -0.1) is 0 Å². The third-order valence-electron chi connectivity index (χ3n) is 2.81. The monoisotopic (exact) mass is 219 g/mol. The Labute approximate surface area is 85.7 Å². The Morgan fingerprint density at radius 2 is 2.07 bits per heavy atom. The third kappa shape index (κ3) is 2.33. The molecule has 2 nitrogen and oxygen atoms in total. The van der Waals surface area contributed by atoms with E-state index in [1.54, 1.807) is 0 Å². The van der Waals surface area contributed by atoms with Crippen molar-refractivity contribution in [3.63, 3.8) is 0 Å². The predicted molar refractivity (Wildman–Crippen MR) is 48.1 cm³/mol. The molecule has 2 aliphatic rings. The maximum absolute atomic E-state index is 12.3. The number of amides is 1. The molecular formula is C10H12F3NO. The van der Waals surface area contributed by atoms with E-state index in [1.165, 1.54) is 4.90 Å². The average Bonchev–Trinajstić information content (AvgIpc) is 2.99. The van der Waals surface area contributed by atoms with Crippen LogP contribution in [0.25, 0.3) is 0 Å². The highest BCUT2D eigenvalue weighted by molar-refractivity contribution is 5.81. The zero-order valence-electron chi connectivity index (χ0n) is 8.18. The summed E-state index contributed by atoms with van der Waals surface area (Å²) in [5, 5.41) is 0. The van der Waals surface area contributed by atoms with E-state index in [4.69, 9.17) is 0 Å². The molecule has 1 fully saturated rings. The lowest BCUT2D eigenvalue weighted by atomic mass is 10.1. The fourth-order valence-corrected chi connectivity index (χ4v) is 1.72. The van der Waals surface area contributed by atoms with Gasteiger partial charge < -0.3 is 4.90 Å². The largest absolute Gasteiger partial charge is 0.412 e. The van der Waals surface area contributed by atoms with Gasteiger partial charge in [0.25, 0.3) is 0 Å². The summed E-state index contributed by atoms with van der Waals surface area (Å²) in [6.07, 6.45) is -1.38. The molecule has 1 saturated carbocycles. The van der Waals surface area contributed by atoms with Crippen LogP contribution in [0.5, 0.6) is 0 Å². The molecule has 1 aliphatic carbocycles. The maximum atomic E-state index is 12.3. The highest BCUT2D eigenvalue weighted by atomic mass is 19.4. The van der Waals surface area contributed by atoms with Crippen molar-refractivity contribution in [2.45, 2.75) is 25.4 Å². The Kier molecular flexibility index (Phi) is 2.48. The quantitative estimate of drug-likeness (QED) is 0.618. The lowest BCUT2D eigenvalue weighted by Gasteiger charge is -2.27. The molecule has 84 valence electrons. The average molecular weight is 219 g/mol. The van der Waals surface area contributed by atoms with Crippen molar-refractivity contribution in [1.29, 1.82) is 0 Å². The molecule has 15 heavy (non-hydrogen) atoms. The Hall–Kier alpha value is -1.00. The van der Waals surface area contributed by atoms with Gasteiger partial charge in [0.2, 0.25) is 5.91 Å². The number of hydrogen-bond acceptors (Lipinski definition) is 1. The van der Waals surface area contributed by atoms with Crippen LogP contribution < -0.4 is 0 Å². The van der Waals surface area contributed by atoms with Gasteiger partial charge in [0.1, 0.15) is 0 Å². The standard InChI is InChI=1S/C10H12F3NO/c11-10(12,13)8-3-5-14(6-4-8)9(15)7-1-2-7/h3,7H,1-2,4-6H2. The van der Waals surface area contributed by atoms with E-state index in [2.05, 4.69) is 0 Å². The molecule has 0 radical (unpaired) electrons. The van der Waals surface area contributed by atoms with Gasteiger partial charge in [0, 0.05) is 24.6 Å². The minimum absolute atomic E-state index is 0.0208. The molecule has 0 unspecified atom stereocenters. The van der Waals surface area contributed by atoms with Crippen LogP contribution in [0.3, 0.4) is 0 Å². The Bertz CT molecular complexity index is 304. The van der Waals surface area contributed by atoms with E-state index >= 15 is 0 Å². The first kappa shape index (κ1) is 10.5. The highest BCUT2D eigenvalue weighted by Gasteiger charge is 2.38. The topological polar surface area (TPSA) is 20.3 Å². The van der Waals surface area contributed by atoms with Gasteiger partial charge >= 0.3 is 6.18 Å². The van der Waals surface area contributed by atoms with E-state index in [-0.39, 0.29) is 31.3 Å². The van der Waals surface area contributed by atoms with Gasteiger partial charge in [-0.25, -0.2) is 0 Å². The van der Waals surface area contributed by atoms with Crippen molar-refractivity contribution in [1.82, 2.24) is 4.90 Å². The van der Waals surface area contributed by atoms with Crippen molar-refractivity contribution in [2.24, 2.45) is 5.92 Å². The normalized spacial score (nSPS) is 22.6. The summed E-state index contributed by atoms with van der Waals surface area (Å²) in [6.45, 7) is 0.324. The second kappa shape index (κ2) is 3.54. The van der Waals surface area contributed by atoms with Crippen molar-refractivity contribution in [3.05, 3.63) is 11.6 Å². The van der Waals surface area contributed by atoms with Gasteiger partial charge in [-0.3, -0.25) is 4.79 Å². The van der Waals surface area contributed by atoms with Crippen LogP contribution >= 0.6 is 0 Å². The van der Waals surface area contributed by atoms with E-state index in [9.17, 15) is 18.0 Å². The van der Waals surface area contributed by atoms with Crippen molar-refractivity contribution in [2.75, 3.05) is 13.1 Å². The third-order valence-corrected chi connectivity index (χ3v) is 2.81. The van der Waals surface area contributed by atoms with Gasteiger partial charge in [-0.05, 0) is 19.3 Å². The van der Waals surface area contributed by atoms with Crippen LogP contribution in [0.1, 0.15) is 19.3 Å². The fraction of sp³-hybridized carbons (Fsp3) is 0.700. The molecule has 0 aromatic rings. The molecule has 0 aromatic heterocycles.